The average Bonchev–Trinajstić information content (AvgIpc) is 2.37. The summed E-state index contributed by atoms with van der Waals surface area (Å²) in [6.07, 6.45) is 4.73. The SMILES string of the molecule is CCCCCC(C)(C)CNC(=O)c1ccc(F)cc1. The third-order valence-electron chi connectivity index (χ3n) is 3.29. The highest BCUT2D eigenvalue weighted by Crippen LogP contribution is 2.22. The number of amides is 1. The lowest BCUT2D eigenvalue weighted by Crippen LogP contribution is -2.34. The van der Waals surface area contributed by atoms with Crippen LogP contribution in [-0.2, 0) is 0 Å². The van der Waals surface area contributed by atoms with Crippen LogP contribution in [0.25, 0.3) is 0 Å². The number of carbonyl (C=O) groups is 1. The smallest absolute Gasteiger partial charge is 0.251 e. The maximum atomic E-state index is 12.8. The summed E-state index contributed by atoms with van der Waals surface area (Å²) in [5.41, 5.74) is 0.607. The topological polar surface area (TPSA) is 29.1 Å². The predicted octanol–water partition coefficient (Wildman–Crippen LogP) is 4.16. The van der Waals surface area contributed by atoms with Crippen molar-refractivity contribution >= 4 is 5.91 Å². The Morgan fingerprint density at radius 3 is 2.42 bits per heavy atom. The second-order valence-electron chi connectivity index (χ2n) is 5.81. The second-order valence-corrected chi connectivity index (χ2v) is 5.81. The second kappa shape index (κ2) is 7.27. The fourth-order valence-corrected chi connectivity index (χ4v) is 1.96. The molecular formula is C16H24FNO. The van der Waals surface area contributed by atoms with Gasteiger partial charge >= 0.3 is 0 Å². The fraction of sp³-hybridized carbons (Fsp3) is 0.562. The Balaban J connectivity index is 2.42. The average molecular weight is 265 g/mol. The van der Waals surface area contributed by atoms with Gasteiger partial charge in [-0.2, -0.15) is 0 Å². The molecule has 106 valence electrons. The molecule has 0 unspecified atom stereocenters. The number of unbranched alkanes of at least 4 members (excludes halogenated alkanes) is 2. The van der Waals surface area contributed by atoms with Crippen LogP contribution in [0, 0.1) is 11.2 Å². The summed E-state index contributed by atoms with van der Waals surface area (Å²) in [5.74, 6) is -0.458. The van der Waals surface area contributed by atoms with Crippen molar-refractivity contribution in [1.29, 1.82) is 0 Å². The van der Waals surface area contributed by atoms with Crippen molar-refractivity contribution in [2.45, 2.75) is 46.5 Å². The monoisotopic (exact) mass is 265 g/mol. The maximum Gasteiger partial charge on any atom is 0.251 e. The van der Waals surface area contributed by atoms with Crippen LogP contribution in [0.15, 0.2) is 24.3 Å². The highest BCUT2D eigenvalue weighted by atomic mass is 19.1. The van der Waals surface area contributed by atoms with Gasteiger partial charge in [0.25, 0.3) is 5.91 Å². The van der Waals surface area contributed by atoms with Crippen molar-refractivity contribution in [2.75, 3.05) is 6.54 Å². The van der Waals surface area contributed by atoms with Gasteiger partial charge in [-0.15, -0.1) is 0 Å². The summed E-state index contributed by atoms with van der Waals surface area (Å²) >= 11 is 0. The Morgan fingerprint density at radius 2 is 1.84 bits per heavy atom. The maximum absolute atomic E-state index is 12.8. The molecule has 0 saturated carbocycles. The summed E-state index contributed by atoms with van der Waals surface area (Å²) in [6, 6.07) is 5.63. The molecule has 1 aromatic carbocycles. The standard InChI is InChI=1S/C16H24FNO/c1-4-5-6-11-16(2,3)12-18-15(19)13-7-9-14(17)10-8-13/h7-10H,4-6,11-12H2,1-3H3,(H,18,19). The Labute approximate surface area is 115 Å². The molecule has 1 N–H and O–H groups in total. The van der Waals surface area contributed by atoms with E-state index in [0.29, 0.717) is 12.1 Å². The lowest BCUT2D eigenvalue weighted by Gasteiger charge is -2.25. The van der Waals surface area contributed by atoms with Crippen LogP contribution in [0.5, 0.6) is 0 Å². The van der Waals surface area contributed by atoms with E-state index in [9.17, 15) is 9.18 Å². The molecule has 0 heterocycles. The van der Waals surface area contributed by atoms with Crippen molar-refractivity contribution in [3.63, 3.8) is 0 Å². The molecule has 1 amide bonds. The lowest BCUT2D eigenvalue weighted by molar-refractivity contribution is 0.0934. The number of hydrogen-bond acceptors (Lipinski definition) is 1. The van der Waals surface area contributed by atoms with Crippen molar-refractivity contribution in [2.24, 2.45) is 5.41 Å². The minimum Gasteiger partial charge on any atom is -0.352 e. The van der Waals surface area contributed by atoms with Crippen LogP contribution in [0.3, 0.4) is 0 Å². The van der Waals surface area contributed by atoms with E-state index in [4.69, 9.17) is 0 Å². The van der Waals surface area contributed by atoms with E-state index in [1.54, 1.807) is 0 Å². The third-order valence-corrected chi connectivity index (χ3v) is 3.29. The Hall–Kier alpha value is -1.38. The zero-order valence-corrected chi connectivity index (χ0v) is 12.1. The van der Waals surface area contributed by atoms with E-state index in [0.717, 1.165) is 6.42 Å². The first kappa shape index (κ1) is 15.7. The van der Waals surface area contributed by atoms with Gasteiger partial charge in [0.05, 0.1) is 0 Å². The first-order chi connectivity index (χ1) is 8.94. The Kier molecular flexibility index (Phi) is 6.00. The molecule has 0 radical (unpaired) electrons. The molecule has 0 aliphatic carbocycles. The molecule has 2 nitrogen and oxygen atoms in total. The molecule has 1 aromatic rings. The summed E-state index contributed by atoms with van der Waals surface area (Å²) in [4.78, 5) is 11.9. The van der Waals surface area contributed by atoms with Gasteiger partial charge in [-0.3, -0.25) is 4.79 Å². The number of benzene rings is 1. The van der Waals surface area contributed by atoms with Gasteiger partial charge in [0.2, 0.25) is 0 Å². The quantitative estimate of drug-likeness (QED) is 0.737. The normalized spacial score (nSPS) is 11.4. The van der Waals surface area contributed by atoms with Crippen molar-refractivity contribution in [1.82, 2.24) is 5.32 Å². The van der Waals surface area contributed by atoms with Gasteiger partial charge < -0.3 is 5.32 Å². The van der Waals surface area contributed by atoms with Crippen molar-refractivity contribution < 1.29 is 9.18 Å². The fourth-order valence-electron chi connectivity index (χ4n) is 1.96. The molecule has 0 saturated heterocycles. The molecule has 19 heavy (non-hydrogen) atoms. The molecule has 0 fully saturated rings. The number of hydrogen-bond donors (Lipinski definition) is 1. The van der Waals surface area contributed by atoms with Gasteiger partial charge in [-0.1, -0.05) is 40.0 Å². The summed E-state index contributed by atoms with van der Waals surface area (Å²) in [7, 11) is 0. The van der Waals surface area contributed by atoms with E-state index < -0.39 is 0 Å². The number of nitrogens with one attached hydrogen (secondary N) is 1. The lowest BCUT2D eigenvalue weighted by atomic mass is 9.87. The first-order valence-corrected chi connectivity index (χ1v) is 6.98. The number of rotatable bonds is 7. The summed E-state index contributed by atoms with van der Waals surface area (Å²) < 4.78 is 12.8. The summed E-state index contributed by atoms with van der Waals surface area (Å²) in [5, 5.41) is 2.92. The molecule has 0 aromatic heterocycles. The molecule has 0 aliphatic rings. The Bertz CT molecular complexity index is 398. The van der Waals surface area contributed by atoms with Crippen LogP contribution in [-0.4, -0.2) is 12.5 Å². The number of carbonyl (C=O) groups excluding carboxylic acids is 1. The highest BCUT2D eigenvalue weighted by molar-refractivity contribution is 5.94. The molecule has 0 aliphatic heterocycles. The minimum atomic E-state index is -0.323. The van der Waals surface area contributed by atoms with Crippen LogP contribution < -0.4 is 5.32 Å². The molecule has 3 heteroatoms. The third kappa shape index (κ3) is 5.86. The zero-order chi connectivity index (χ0) is 14.3. The van der Waals surface area contributed by atoms with E-state index in [-0.39, 0.29) is 17.1 Å². The molecular weight excluding hydrogens is 241 g/mol. The Morgan fingerprint density at radius 1 is 1.21 bits per heavy atom. The molecule has 0 atom stereocenters. The summed E-state index contributed by atoms with van der Waals surface area (Å²) in [6.45, 7) is 7.15. The van der Waals surface area contributed by atoms with Crippen LogP contribution in [0.4, 0.5) is 4.39 Å². The van der Waals surface area contributed by atoms with Crippen molar-refractivity contribution in [3.05, 3.63) is 35.6 Å². The van der Waals surface area contributed by atoms with Gasteiger partial charge in [0, 0.05) is 12.1 Å². The highest BCUT2D eigenvalue weighted by Gasteiger charge is 2.18. The van der Waals surface area contributed by atoms with Gasteiger partial charge in [-0.25, -0.2) is 4.39 Å². The van der Waals surface area contributed by atoms with Gasteiger partial charge in [0.15, 0.2) is 0 Å². The largest absolute Gasteiger partial charge is 0.352 e. The van der Waals surface area contributed by atoms with Gasteiger partial charge in [0.1, 0.15) is 5.82 Å². The van der Waals surface area contributed by atoms with Gasteiger partial charge in [-0.05, 0) is 36.1 Å². The molecule has 0 spiro atoms. The van der Waals surface area contributed by atoms with E-state index in [1.165, 1.54) is 43.5 Å². The predicted molar refractivity (Wildman–Crippen MR) is 76.7 cm³/mol. The first-order valence-electron chi connectivity index (χ1n) is 6.98. The van der Waals surface area contributed by atoms with Crippen molar-refractivity contribution in [3.8, 4) is 0 Å². The zero-order valence-electron chi connectivity index (χ0n) is 12.1. The minimum absolute atomic E-state index is 0.102. The van der Waals surface area contributed by atoms with E-state index >= 15 is 0 Å². The van der Waals surface area contributed by atoms with Crippen LogP contribution >= 0.6 is 0 Å². The molecule has 1 rings (SSSR count). The number of halogens is 1. The molecule has 0 bridgehead atoms. The van der Waals surface area contributed by atoms with E-state index in [1.807, 2.05) is 0 Å². The van der Waals surface area contributed by atoms with E-state index in [2.05, 4.69) is 26.1 Å². The van der Waals surface area contributed by atoms with Crippen LogP contribution in [0.1, 0.15) is 56.8 Å². The van der Waals surface area contributed by atoms with Crippen LogP contribution in [0.2, 0.25) is 0 Å².